The van der Waals surface area contributed by atoms with Gasteiger partial charge >= 0.3 is 0 Å². The number of aromatic nitrogens is 3. The summed E-state index contributed by atoms with van der Waals surface area (Å²) in [6, 6.07) is 9.32. The van der Waals surface area contributed by atoms with Crippen molar-refractivity contribution in [3.63, 3.8) is 0 Å². The fourth-order valence-electron chi connectivity index (χ4n) is 2.87. The van der Waals surface area contributed by atoms with Crippen molar-refractivity contribution in [1.82, 2.24) is 15.2 Å². The van der Waals surface area contributed by atoms with Gasteiger partial charge in [0.2, 0.25) is 5.69 Å². The number of hydrogen-bond acceptors (Lipinski definition) is 2. The predicted octanol–water partition coefficient (Wildman–Crippen LogP) is 4.88. The summed E-state index contributed by atoms with van der Waals surface area (Å²) in [6.45, 7) is 11.2. The average molecular weight is 352 g/mol. The number of rotatable bonds is 5. The van der Waals surface area contributed by atoms with Gasteiger partial charge in [-0.05, 0) is 49.1 Å². The third kappa shape index (κ3) is 3.94. The number of nitrogens with zero attached hydrogens (tertiary/aromatic N) is 3. The molecule has 0 spiro atoms. The molecular weight excluding hydrogens is 334 g/mol. The molecule has 3 rings (SSSR count). The largest absolute Gasteiger partial charge is 0.283 e. The lowest BCUT2D eigenvalue weighted by molar-refractivity contribution is 0.598. The van der Waals surface area contributed by atoms with Crippen LogP contribution in [0.25, 0.3) is 4.85 Å². The standard InChI is InChI=1S/C20H18F2N4/c1-12(14-4-6-15(21)7-5-14)8-20-19(23-3)11-17(22)18(24-20)10-16-9-13(2)25-26-16/h4-7,9,11-12H,8,10H2,1-2H3,(H,25,26)/t12-/m1/s1. The first-order chi connectivity index (χ1) is 12.5. The second kappa shape index (κ2) is 7.44. The zero-order valence-corrected chi connectivity index (χ0v) is 14.6. The first-order valence-corrected chi connectivity index (χ1v) is 8.28. The van der Waals surface area contributed by atoms with Crippen molar-refractivity contribution in [2.45, 2.75) is 32.6 Å². The summed E-state index contributed by atoms with van der Waals surface area (Å²) in [6.07, 6.45) is 0.725. The molecule has 0 bridgehead atoms. The minimum Gasteiger partial charge on any atom is -0.283 e. The molecule has 132 valence electrons. The summed E-state index contributed by atoms with van der Waals surface area (Å²) in [5, 5.41) is 6.94. The van der Waals surface area contributed by atoms with Crippen molar-refractivity contribution in [2.24, 2.45) is 0 Å². The molecule has 0 saturated carbocycles. The zero-order chi connectivity index (χ0) is 18.7. The van der Waals surface area contributed by atoms with Crippen molar-refractivity contribution in [3.8, 4) is 0 Å². The fourth-order valence-corrected chi connectivity index (χ4v) is 2.87. The molecule has 3 aromatic rings. The van der Waals surface area contributed by atoms with Crippen LogP contribution in [-0.4, -0.2) is 15.2 Å². The summed E-state index contributed by atoms with van der Waals surface area (Å²) in [5.74, 6) is -0.774. The second-order valence-electron chi connectivity index (χ2n) is 6.37. The van der Waals surface area contributed by atoms with E-state index in [0.29, 0.717) is 17.8 Å². The number of halogens is 2. The van der Waals surface area contributed by atoms with Crippen molar-refractivity contribution < 1.29 is 8.78 Å². The van der Waals surface area contributed by atoms with Gasteiger partial charge in [-0.25, -0.2) is 13.6 Å². The molecule has 0 amide bonds. The molecule has 0 radical (unpaired) electrons. The summed E-state index contributed by atoms with van der Waals surface area (Å²) in [5.41, 5.74) is 3.55. The second-order valence-corrected chi connectivity index (χ2v) is 6.37. The van der Waals surface area contributed by atoms with Gasteiger partial charge in [-0.3, -0.25) is 10.1 Å². The van der Waals surface area contributed by atoms with Crippen LogP contribution in [0.2, 0.25) is 0 Å². The summed E-state index contributed by atoms with van der Waals surface area (Å²) < 4.78 is 27.4. The van der Waals surface area contributed by atoms with E-state index in [1.54, 1.807) is 12.1 Å². The van der Waals surface area contributed by atoms with Crippen LogP contribution in [0.5, 0.6) is 0 Å². The normalized spacial score (nSPS) is 12.0. The van der Waals surface area contributed by atoms with Crippen LogP contribution < -0.4 is 0 Å². The van der Waals surface area contributed by atoms with Crippen LogP contribution in [0.1, 0.15) is 41.2 Å². The lowest BCUT2D eigenvalue weighted by Crippen LogP contribution is -2.05. The predicted molar refractivity (Wildman–Crippen MR) is 95.1 cm³/mol. The third-order valence-corrected chi connectivity index (χ3v) is 4.27. The van der Waals surface area contributed by atoms with E-state index in [0.717, 1.165) is 11.3 Å². The number of hydrogen-bond donors (Lipinski definition) is 1. The van der Waals surface area contributed by atoms with E-state index in [-0.39, 0.29) is 29.5 Å². The molecule has 4 nitrogen and oxygen atoms in total. The van der Waals surface area contributed by atoms with Gasteiger partial charge in [0.05, 0.1) is 18.0 Å². The zero-order valence-electron chi connectivity index (χ0n) is 14.6. The lowest BCUT2D eigenvalue weighted by atomic mass is 9.95. The molecule has 1 N–H and O–H groups in total. The Hall–Kier alpha value is -3.07. The number of aromatic amines is 1. The smallest absolute Gasteiger partial charge is 0.211 e. The van der Waals surface area contributed by atoms with Crippen molar-refractivity contribution >= 4 is 5.69 Å². The van der Waals surface area contributed by atoms with Gasteiger partial charge in [0, 0.05) is 17.8 Å². The Bertz CT molecular complexity index is 955. The first-order valence-electron chi connectivity index (χ1n) is 8.28. The van der Waals surface area contributed by atoms with Crippen LogP contribution in [0.15, 0.2) is 36.4 Å². The number of pyridine rings is 1. The van der Waals surface area contributed by atoms with Gasteiger partial charge in [0.25, 0.3) is 0 Å². The molecule has 2 heterocycles. The van der Waals surface area contributed by atoms with Gasteiger partial charge in [0.15, 0.2) is 0 Å². The maximum Gasteiger partial charge on any atom is 0.211 e. The highest BCUT2D eigenvalue weighted by atomic mass is 19.1. The van der Waals surface area contributed by atoms with E-state index < -0.39 is 5.82 Å². The third-order valence-electron chi connectivity index (χ3n) is 4.27. The molecular formula is C20H18F2N4. The molecule has 0 saturated heterocycles. The van der Waals surface area contributed by atoms with Gasteiger partial charge in [0.1, 0.15) is 11.6 Å². The highest BCUT2D eigenvalue weighted by molar-refractivity contribution is 5.51. The van der Waals surface area contributed by atoms with Crippen LogP contribution >= 0.6 is 0 Å². The quantitative estimate of drug-likeness (QED) is 0.665. The molecule has 0 aliphatic carbocycles. The molecule has 2 aromatic heterocycles. The Morgan fingerprint density at radius 3 is 2.50 bits per heavy atom. The van der Waals surface area contributed by atoms with Gasteiger partial charge in [-0.15, -0.1) is 0 Å². The summed E-state index contributed by atoms with van der Waals surface area (Å²) in [7, 11) is 0. The molecule has 6 heteroatoms. The Morgan fingerprint density at radius 2 is 1.88 bits per heavy atom. The Balaban J connectivity index is 1.88. The molecule has 26 heavy (non-hydrogen) atoms. The fraction of sp³-hybridized carbons (Fsp3) is 0.250. The molecule has 0 unspecified atom stereocenters. The van der Waals surface area contributed by atoms with E-state index >= 15 is 0 Å². The number of benzene rings is 1. The number of nitrogens with one attached hydrogen (secondary N) is 1. The van der Waals surface area contributed by atoms with E-state index in [4.69, 9.17) is 6.57 Å². The molecule has 1 aromatic carbocycles. The topological polar surface area (TPSA) is 45.9 Å². The SMILES string of the molecule is [C-]#[N+]c1cc(F)c(Cc2cc(C)[nH]n2)nc1C[C@@H](C)c1ccc(F)cc1. The summed E-state index contributed by atoms with van der Waals surface area (Å²) in [4.78, 5) is 7.82. The number of aryl methyl sites for hydroxylation is 1. The van der Waals surface area contributed by atoms with Crippen LogP contribution in [0.4, 0.5) is 14.5 Å². The van der Waals surface area contributed by atoms with Crippen LogP contribution in [-0.2, 0) is 12.8 Å². The summed E-state index contributed by atoms with van der Waals surface area (Å²) >= 11 is 0. The van der Waals surface area contributed by atoms with E-state index in [9.17, 15) is 8.78 Å². The maximum absolute atomic E-state index is 14.3. The molecule has 1 atom stereocenters. The van der Waals surface area contributed by atoms with Crippen molar-refractivity contribution in [2.75, 3.05) is 0 Å². The van der Waals surface area contributed by atoms with E-state index in [1.165, 1.54) is 18.2 Å². The monoisotopic (exact) mass is 352 g/mol. The van der Waals surface area contributed by atoms with Gasteiger partial charge < -0.3 is 0 Å². The molecule has 0 aliphatic rings. The Labute approximate surface area is 150 Å². The lowest BCUT2D eigenvalue weighted by Gasteiger charge is -2.14. The Morgan fingerprint density at radius 1 is 1.15 bits per heavy atom. The maximum atomic E-state index is 14.3. The average Bonchev–Trinajstić information content (AvgIpc) is 3.03. The van der Waals surface area contributed by atoms with E-state index in [1.807, 2.05) is 19.9 Å². The molecule has 0 aliphatic heterocycles. The highest BCUT2D eigenvalue weighted by Crippen LogP contribution is 2.28. The molecule has 0 fully saturated rings. The van der Waals surface area contributed by atoms with Gasteiger partial charge in [-0.2, -0.15) is 5.10 Å². The Kier molecular flexibility index (Phi) is 5.08. The minimum atomic E-state index is -0.505. The van der Waals surface area contributed by atoms with Crippen molar-refractivity contribution in [1.29, 1.82) is 0 Å². The van der Waals surface area contributed by atoms with Crippen LogP contribution in [0.3, 0.4) is 0 Å². The van der Waals surface area contributed by atoms with Crippen LogP contribution in [0, 0.1) is 25.1 Å². The minimum absolute atomic E-state index is 0.0227. The highest BCUT2D eigenvalue weighted by Gasteiger charge is 2.16. The van der Waals surface area contributed by atoms with E-state index in [2.05, 4.69) is 20.0 Å². The van der Waals surface area contributed by atoms with Gasteiger partial charge in [-0.1, -0.05) is 19.1 Å². The van der Waals surface area contributed by atoms with Crippen molar-refractivity contribution in [3.05, 3.63) is 87.8 Å². The first kappa shape index (κ1) is 17.7. The number of H-pyrrole nitrogens is 1.